The lowest BCUT2D eigenvalue weighted by atomic mass is 10.1. The van der Waals surface area contributed by atoms with Crippen molar-refractivity contribution in [3.63, 3.8) is 0 Å². The molecule has 0 saturated carbocycles. The smallest absolute Gasteiger partial charge is 0.310 e. The quantitative estimate of drug-likeness (QED) is 0.363. The zero-order valence-corrected chi connectivity index (χ0v) is 9.43. The molecule has 2 N–H and O–H groups in total. The van der Waals surface area contributed by atoms with Gasteiger partial charge in [0.25, 0.3) is 5.69 Å². The summed E-state index contributed by atoms with van der Waals surface area (Å²) in [7, 11) is 2.58. The van der Waals surface area contributed by atoms with Gasteiger partial charge in [0.05, 0.1) is 25.6 Å². The number of nitrogens with zero attached hydrogens (tertiary/aromatic N) is 1. The number of carbonyl (C=O) groups excluding carboxylic acids is 1. The SMILES string of the molecule is COC(=O)Cc1ccc([N+](=O)[O-])c(N)c1OC. The van der Waals surface area contributed by atoms with Gasteiger partial charge in [0, 0.05) is 11.6 Å². The van der Waals surface area contributed by atoms with E-state index in [1.165, 1.54) is 26.4 Å². The molecule has 0 bridgehead atoms. The highest BCUT2D eigenvalue weighted by Gasteiger charge is 2.20. The second-order valence-electron chi connectivity index (χ2n) is 3.20. The molecule has 0 amide bonds. The molecule has 92 valence electrons. The molecule has 0 radical (unpaired) electrons. The van der Waals surface area contributed by atoms with Gasteiger partial charge in [0.15, 0.2) is 11.4 Å². The largest absolute Gasteiger partial charge is 0.494 e. The van der Waals surface area contributed by atoms with Crippen molar-refractivity contribution in [1.29, 1.82) is 0 Å². The zero-order chi connectivity index (χ0) is 13.0. The van der Waals surface area contributed by atoms with Crippen LogP contribution in [0.2, 0.25) is 0 Å². The minimum atomic E-state index is -0.611. The first kappa shape index (κ1) is 12.8. The van der Waals surface area contributed by atoms with Crippen LogP contribution in [0.5, 0.6) is 5.75 Å². The molecule has 0 aromatic heterocycles. The first-order valence-electron chi connectivity index (χ1n) is 4.67. The van der Waals surface area contributed by atoms with E-state index in [1.807, 2.05) is 0 Å². The molecule has 0 aliphatic rings. The van der Waals surface area contributed by atoms with Crippen LogP contribution in [0.15, 0.2) is 12.1 Å². The summed E-state index contributed by atoms with van der Waals surface area (Å²) in [6.07, 6.45) is -0.0537. The van der Waals surface area contributed by atoms with Gasteiger partial charge in [-0.15, -0.1) is 0 Å². The first-order valence-corrected chi connectivity index (χ1v) is 4.67. The van der Waals surface area contributed by atoms with E-state index in [0.29, 0.717) is 5.56 Å². The van der Waals surface area contributed by atoms with Gasteiger partial charge >= 0.3 is 5.97 Å². The standard InChI is InChI=1S/C10H12N2O5/c1-16-8(13)5-6-3-4-7(12(14)15)9(11)10(6)17-2/h3-4H,5,11H2,1-2H3. The van der Waals surface area contributed by atoms with Crippen LogP contribution < -0.4 is 10.5 Å². The molecular formula is C10H12N2O5. The van der Waals surface area contributed by atoms with Gasteiger partial charge in [0.1, 0.15) is 0 Å². The Morgan fingerprint density at radius 2 is 2.12 bits per heavy atom. The summed E-state index contributed by atoms with van der Waals surface area (Å²) in [6.45, 7) is 0. The second-order valence-corrected chi connectivity index (χ2v) is 3.20. The molecule has 0 unspecified atom stereocenters. The van der Waals surface area contributed by atoms with Crippen molar-refractivity contribution >= 4 is 17.3 Å². The molecule has 1 aromatic carbocycles. The number of nitro benzene ring substituents is 1. The Balaban J connectivity index is 3.21. The Bertz CT molecular complexity index is 458. The van der Waals surface area contributed by atoms with Gasteiger partial charge in [-0.1, -0.05) is 0 Å². The molecule has 17 heavy (non-hydrogen) atoms. The lowest BCUT2D eigenvalue weighted by Gasteiger charge is -2.10. The molecule has 0 fully saturated rings. The maximum absolute atomic E-state index is 11.1. The number of methoxy groups -OCH3 is 2. The zero-order valence-electron chi connectivity index (χ0n) is 9.43. The van der Waals surface area contributed by atoms with Gasteiger partial charge in [-0.2, -0.15) is 0 Å². The number of ether oxygens (including phenoxy) is 2. The van der Waals surface area contributed by atoms with Crippen LogP contribution in [-0.2, 0) is 16.0 Å². The highest BCUT2D eigenvalue weighted by Crippen LogP contribution is 2.34. The molecular weight excluding hydrogens is 228 g/mol. The number of benzene rings is 1. The van der Waals surface area contributed by atoms with E-state index >= 15 is 0 Å². The van der Waals surface area contributed by atoms with Crippen LogP contribution in [0.25, 0.3) is 0 Å². The molecule has 0 aliphatic heterocycles. The Hall–Kier alpha value is -2.31. The number of anilines is 1. The third-order valence-corrected chi connectivity index (χ3v) is 2.22. The Labute approximate surface area is 97.3 Å². The number of nitrogen functional groups attached to an aromatic ring is 1. The number of hydrogen-bond donors (Lipinski definition) is 1. The second kappa shape index (κ2) is 5.15. The number of nitrogens with two attached hydrogens (primary N) is 1. The normalized spacial score (nSPS) is 9.76. The third kappa shape index (κ3) is 2.63. The summed E-state index contributed by atoms with van der Waals surface area (Å²) in [5.41, 5.74) is 5.69. The molecule has 0 aliphatic carbocycles. The minimum Gasteiger partial charge on any atom is -0.494 e. The van der Waals surface area contributed by atoms with Crippen molar-refractivity contribution in [2.45, 2.75) is 6.42 Å². The predicted octanol–water partition coefficient (Wildman–Crippen LogP) is 0.901. The van der Waals surface area contributed by atoms with Crippen LogP contribution >= 0.6 is 0 Å². The van der Waals surface area contributed by atoms with Crippen LogP contribution in [0.4, 0.5) is 11.4 Å². The molecule has 7 heteroatoms. The minimum absolute atomic E-state index is 0.0537. The van der Waals surface area contributed by atoms with Gasteiger partial charge < -0.3 is 15.2 Å². The van der Waals surface area contributed by atoms with Gasteiger partial charge in [-0.3, -0.25) is 14.9 Å². The van der Waals surface area contributed by atoms with Crippen LogP contribution in [-0.4, -0.2) is 25.1 Å². The Morgan fingerprint density at radius 3 is 2.59 bits per heavy atom. The van der Waals surface area contributed by atoms with Crippen LogP contribution in [0.3, 0.4) is 0 Å². The van der Waals surface area contributed by atoms with Crippen molar-refractivity contribution in [2.24, 2.45) is 0 Å². The average Bonchev–Trinajstić information content (AvgIpc) is 2.28. The van der Waals surface area contributed by atoms with E-state index in [9.17, 15) is 14.9 Å². The molecule has 1 rings (SSSR count). The fraction of sp³-hybridized carbons (Fsp3) is 0.300. The fourth-order valence-corrected chi connectivity index (χ4v) is 1.40. The number of hydrogen-bond acceptors (Lipinski definition) is 6. The first-order chi connectivity index (χ1) is 8.01. The van der Waals surface area contributed by atoms with E-state index < -0.39 is 10.9 Å². The van der Waals surface area contributed by atoms with E-state index in [2.05, 4.69) is 4.74 Å². The lowest BCUT2D eigenvalue weighted by Crippen LogP contribution is -2.08. The van der Waals surface area contributed by atoms with Gasteiger partial charge in [-0.25, -0.2) is 0 Å². The maximum atomic E-state index is 11.1. The van der Waals surface area contributed by atoms with Crippen molar-refractivity contribution < 1.29 is 19.2 Å². The van der Waals surface area contributed by atoms with Crippen molar-refractivity contribution in [3.8, 4) is 5.75 Å². The molecule has 0 spiro atoms. The van der Waals surface area contributed by atoms with Crippen molar-refractivity contribution in [3.05, 3.63) is 27.8 Å². The van der Waals surface area contributed by atoms with Gasteiger partial charge in [0.2, 0.25) is 0 Å². The van der Waals surface area contributed by atoms with E-state index in [1.54, 1.807) is 0 Å². The summed E-state index contributed by atoms with van der Waals surface area (Å²) >= 11 is 0. The Kier molecular flexibility index (Phi) is 3.86. The molecule has 0 saturated heterocycles. The van der Waals surface area contributed by atoms with Gasteiger partial charge in [-0.05, 0) is 6.07 Å². The monoisotopic (exact) mass is 240 g/mol. The van der Waals surface area contributed by atoms with E-state index in [-0.39, 0.29) is 23.5 Å². The van der Waals surface area contributed by atoms with Crippen molar-refractivity contribution in [2.75, 3.05) is 20.0 Å². The summed E-state index contributed by atoms with van der Waals surface area (Å²) in [4.78, 5) is 21.2. The van der Waals surface area contributed by atoms with Crippen molar-refractivity contribution in [1.82, 2.24) is 0 Å². The highest BCUT2D eigenvalue weighted by atomic mass is 16.6. The van der Waals surface area contributed by atoms with E-state index in [4.69, 9.17) is 10.5 Å². The molecule has 1 aromatic rings. The van der Waals surface area contributed by atoms with Crippen LogP contribution in [0.1, 0.15) is 5.56 Å². The number of nitro groups is 1. The summed E-state index contributed by atoms with van der Waals surface area (Å²) in [5, 5.41) is 10.7. The predicted molar refractivity (Wildman–Crippen MR) is 59.8 cm³/mol. The number of esters is 1. The topological polar surface area (TPSA) is 105 Å². The maximum Gasteiger partial charge on any atom is 0.310 e. The fourth-order valence-electron chi connectivity index (χ4n) is 1.40. The lowest BCUT2D eigenvalue weighted by molar-refractivity contribution is -0.384. The summed E-state index contributed by atoms with van der Waals surface area (Å²) in [5.74, 6) is -0.346. The molecule has 0 heterocycles. The number of rotatable bonds is 4. The Morgan fingerprint density at radius 1 is 1.47 bits per heavy atom. The average molecular weight is 240 g/mol. The summed E-state index contributed by atoms with van der Waals surface area (Å²) in [6, 6.07) is 2.65. The molecule has 0 atom stereocenters. The number of carbonyl (C=O) groups is 1. The van der Waals surface area contributed by atoms with Crippen LogP contribution in [0, 0.1) is 10.1 Å². The summed E-state index contributed by atoms with van der Waals surface area (Å²) < 4.78 is 9.48. The highest BCUT2D eigenvalue weighted by molar-refractivity contribution is 5.77. The third-order valence-electron chi connectivity index (χ3n) is 2.22. The van der Waals surface area contributed by atoms with E-state index in [0.717, 1.165) is 0 Å². The molecule has 7 nitrogen and oxygen atoms in total.